The molecule has 134 valence electrons. The third-order valence-corrected chi connectivity index (χ3v) is 4.85. The standard InChI is InChI=1S/C18H18ClN5OS/c1-10-7-11(2)21-17(20-10)24-18-22-13(9-26-18)8-16(25)23-15-6-4-5-14(19)12(15)3/h4-7,9H,8H2,1-3H3,(H,23,25)(H,20,21,22,24). The number of aryl methyl sites for hydroxylation is 2. The Hall–Kier alpha value is -2.51. The van der Waals surface area contributed by atoms with Gasteiger partial charge in [0.15, 0.2) is 5.13 Å². The average Bonchev–Trinajstić information content (AvgIpc) is 2.97. The van der Waals surface area contributed by atoms with Gasteiger partial charge < -0.3 is 10.6 Å². The lowest BCUT2D eigenvalue weighted by Gasteiger charge is -2.08. The number of carbonyl (C=O) groups is 1. The summed E-state index contributed by atoms with van der Waals surface area (Å²) in [6, 6.07) is 7.32. The quantitative estimate of drug-likeness (QED) is 0.676. The highest BCUT2D eigenvalue weighted by Crippen LogP contribution is 2.24. The minimum absolute atomic E-state index is 0.144. The molecule has 26 heavy (non-hydrogen) atoms. The number of rotatable bonds is 5. The molecule has 6 nitrogen and oxygen atoms in total. The molecular weight excluding hydrogens is 370 g/mol. The van der Waals surface area contributed by atoms with Crippen molar-refractivity contribution >= 4 is 45.6 Å². The number of hydrogen-bond acceptors (Lipinski definition) is 6. The fourth-order valence-corrected chi connectivity index (χ4v) is 3.30. The Morgan fingerprint density at radius 1 is 1.15 bits per heavy atom. The number of thiazole rings is 1. The van der Waals surface area contributed by atoms with Crippen LogP contribution in [0, 0.1) is 20.8 Å². The Bertz CT molecular complexity index is 936. The van der Waals surface area contributed by atoms with Crippen molar-refractivity contribution in [3.05, 3.63) is 57.3 Å². The molecular formula is C18H18ClN5OS. The first-order chi connectivity index (χ1) is 12.4. The Morgan fingerprint density at radius 2 is 1.88 bits per heavy atom. The van der Waals surface area contributed by atoms with Crippen LogP contribution in [0.25, 0.3) is 0 Å². The summed E-state index contributed by atoms with van der Waals surface area (Å²) in [7, 11) is 0. The number of carbonyl (C=O) groups excluding carboxylic acids is 1. The molecule has 0 aliphatic heterocycles. The van der Waals surface area contributed by atoms with Crippen molar-refractivity contribution in [3.8, 4) is 0 Å². The maximum absolute atomic E-state index is 12.3. The van der Waals surface area contributed by atoms with Crippen LogP contribution in [-0.4, -0.2) is 20.9 Å². The van der Waals surface area contributed by atoms with Gasteiger partial charge in [-0.3, -0.25) is 4.79 Å². The van der Waals surface area contributed by atoms with Crippen molar-refractivity contribution < 1.29 is 4.79 Å². The maximum atomic E-state index is 12.3. The maximum Gasteiger partial charge on any atom is 0.230 e. The second-order valence-electron chi connectivity index (χ2n) is 5.88. The fourth-order valence-electron chi connectivity index (χ4n) is 2.42. The van der Waals surface area contributed by atoms with Crippen LogP contribution in [0.1, 0.15) is 22.6 Å². The topological polar surface area (TPSA) is 79.8 Å². The molecule has 3 rings (SSSR count). The van der Waals surface area contributed by atoms with Crippen LogP contribution in [0.5, 0.6) is 0 Å². The lowest BCUT2D eigenvalue weighted by Crippen LogP contribution is -2.15. The number of nitrogens with zero attached hydrogens (tertiary/aromatic N) is 3. The first kappa shape index (κ1) is 18.3. The average molecular weight is 388 g/mol. The van der Waals surface area contributed by atoms with Crippen LogP contribution in [-0.2, 0) is 11.2 Å². The third-order valence-electron chi connectivity index (χ3n) is 3.64. The van der Waals surface area contributed by atoms with Crippen LogP contribution >= 0.6 is 22.9 Å². The number of halogens is 1. The van der Waals surface area contributed by atoms with E-state index in [2.05, 4.69) is 25.6 Å². The Balaban J connectivity index is 1.64. The fraction of sp³-hybridized carbons (Fsp3) is 0.222. The number of aromatic nitrogens is 3. The van der Waals surface area contributed by atoms with Crippen molar-refractivity contribution in [2.24, 2.45) is 0 Å². The molecule has 3 aromatic rings. The van der Waals surface area contributed by atoms with Crippen molar-refractivity contribution in [3.63, 3.8) is 0 Å². The second kappa shape index (κ2) is 7.80. The van der Waals surface area contributed by atoms with Crippen LogP contribution in [0.15, 0.2) is 29.6 Å². The van der Waals surface area contributed by atoms with Crippen LogP contribution in [0.4, 0.5) is 16.8 Å². The van der Waals surface area contributed by atoms with Crippen LogP contribution in [0.2, 0.25) is 5.02 Å². The van der Waals surface area contributed by atoms with Gasteiger partial charge in [0, 0.05) is 27.5 Å². The van der Waals surface area contributed by atoms with E-state index in [0.717, 1.165) is 17.0 Å². The summed E-state index contributed by atoms with van der Waals surface area (Å²) in [5.41, 5.74) is 4.00. The van der Waals surface area contributed by atoms with E-state index in [1.165, 1.54) is 11.3 Å². The summed E-state index contributed by atoms with van der Waals surface area (Å²) in [6.07, 6.45) is 0.178. The van der Waals surface area contributed by atoms with Crippen molar-refractivity contribution in [2.75, 3.05) is 10.6 Å². The normalized spacial score (nSPS) is 10.6. The van der Waals surface area contributed by atoms with Gasteiger partial charge in [-0.2, -0.15) is 0 Å². The van der Waals surface area contributed by atoms with Gasteiger partial charge in [0.05, 0.1) is 12.1 Å². The van der Waals surface area contributed by atoms with Crippen molar-refractivity contribution in [1.29, 1.82) is 0 Å². The summed E-state index contributed by atoms with van der Waals surface area (Å²) >= 11 is 7.48. The third kappa shape index (κ3) is 4.56. The van der Waals surface area contributed by atoms with E-state index >= 15 is 0 Å². The Morgan fingerprint density at radius 3 is 2.62 bits per heavy atom. The van der Waals surface area contributed by atoms with Gasteiger partial charge in [0.2, 0.25) is 11.9 Å². The highest BCUT2D eigenvalue weighted by atomic mass is 35.5. The molecule has 0 aliphatic carbocycles. The zero-order chi connectivity index (χ0) is 18.7. The Kier molecular flexibility index (Phi) is 5.49. The molecule has 0 saturated carbocycles. The van der Waals surface area contributed by atoms with Crippen LogP contribution < -0.4 is 10.6 Å². The van der Waals surface area contributed by atoms with Gasteiger partial charge in [-0.1, -0.05) is 17.7 Å². The molecule has 2 heterocycles. The van der Waals surface area contributed by atoms with Gasteiger partial charge in [-0.05, 0) is 44.5 Å². The summed E-state index contributed by atoms with van der Waals surface area (Å²) in [6.45, 7) is 5.69. The lowest BCUT2D eigenvalue weighted by atomic mass is 10.2. The molecule has 1 amide bonds. The second-order valence-corrected chi connectivity index (χ2v) is 7.15. The van der Waals surface area contributed by atoms with E-state index in [1.54, 1.807) is 12.1 Å². The molecule has 0 aliphatic rings. The number of amides is 1. The van der Waals surface area contributed by atoms with E-state index in [0.29, 0.717) is 27.5 Å². The minimum atomic E-state index is -0.144. The molecule has 0 fully saturated rings. The van der Waals surface area contributed by atoms with E-state index < -0.39 is 0 Å². The zero-order valence-corrected chi connectivity index (χ0v) is 16.2. The number of benzene rings is 1. The largest absolute Gasteiger partial charge is 0.325 e. The minimum Gasteiger partial charge on any atom is -0.325 e. The first-order valence-electron chi connectivity index (χ1n) is 7.99. The summed E-state index contributed by atoms with van der Waals surface area (Å²) < 4.78 is 0. The highest BCUT2D eigenvalue weighted by molar-refractivity contribution is 7.13. The van der Waals surface area contributed by atoms with Gasteiger partial charge in [-0.25, -0.2) is 15.0 Å². The number of hydrogen-bond donors (Lipinski definition) is 2. The van der Waals surface area contributed by atoms with Crippen LogP contribution in [0.3, 0.4) is 0 Å². The van der Waals surface area contributed by atoms with E-state index in [-0.39, 0.29) is 12.3 Å². The van der Waals surface area contributed by atoms with Crippen molar-refractivity contribution in [1.82, 2.24) is 15.0 Å². The van der Waals surface area contributed by atoms with E-state index in [1.807, 2.05) is 38.3 Å². The smallest absolute Gasteiger partial charge is 0.230 e. The first-order valence-corrected chi connectivity index (χ1v) is 9.25. The van der Waals surface area contributed by atoms with Gasteiger partial charge >= 0.3 is 0 Å². The molecule has 2 N–H and O–H groups in total. The molecule has 1 aromatic carbocycles. The summed E-state index contributed by atoms with van der Waals surface area (Å²) in [5.74, 6) is 0.359. The predicted molar refractivity (Wildman–Crippen MR) is 105 cm³/mol. The SMILES string of the molecule is Cc1cc(C)nc(Nc2nc(CC(=O)Nc3cccc(Cl)c3C)cs2)n1. The summed E-state index contributed by atoms with van der Waals surface area (Å²) in [5, 5.41) is 9.07. The molecule has 0 radical (unpaired) electrons. The van der Waals surface area contributed by atoms with E-state index in [9.17, 15) is 4.79 Å². The monoisotopic (exact) mass is 387 g/mol. The molecule has 2 aromatic heterocycles. The van der Waals surface area contributed by atoms with Gasteiger partial charge in [-0.15, -0.1) is 11.3 Å². The lowest BCUT2D eigenvalue weighted by molar-refractivity contribution is -0.115. The molecule has 0 spiro atoms. The molecule has 0 unspecified atom stereocenters. The molecule has 0 atom stereocenters. The molecule has 8 heteroatoms. The van der Waals surface area contributed by atoms with Crippen molar-refractivity contribution in [2.45, 2.75) is 27.2 Å². The zero-order valence-electron chi connectivity index (χ0n) is 14.6. The number of anilines is 3. The summed E-state index contributed by atoms with van der Waals surface area (Å²) in [4.78, 5) is 25.3. The van der Waals surface area contributed by atoms with Gasteiger partial charge in [0.25, 0.3) is 0 Å². The van der Waals surface area contributed by atoms with Gasteiger partial charge in [0.1, 0.15) is 0 Å². The van der Waals surface area contributed by atoms with E-state index in [4.69, 9.17) is 11.6 Å². The highest BCUT2D eigenvalue weighted by Gasteiger charge is 2.11. The molecule has 0 saturated heterocycles. The molecule has 0 bridgehead atoms. The predicted octanol–water partition coefficient (Wildman–Crippen LogP) is 4.44. The number of nitrogens with one attached hydrogen (secondary N) is 2. The Labute approximate surface area is 160 Å².